The highest BCUT2D eigenvalue weighted by atomic mass is 35.5. The number of hydrogen-bond acceptors (Lipinski definition) is 5. The Bertz CT molecular complexity index is 604. The molecule has 0 unspecified atom stereocenters. The molecule has 6 nitrogen and oxygen atoms in total. The second-order valence-corrected chi connectivity index (χ2v) is 3.78. The van der Waals surface area contributed by atoms with Crippen molar-refractivity contribution in [2.75, 3.05) is 0 Å². The zero-order chi connectivity index (χ0) is 13.1. The fraction of sp³-hybridized carbons (Fsp3) is 0.0909. The maximum absolute atomic E-state index is 11.0. The molecule has 0 aliphatic rings. The zero-order valence-corrected chi connectivity index (χ0v) is 10.1. The van der Waals surface area contributed by atoms with Crippen LogP contribution in [0.1, 0.15) is 5.56 Å². The molecule has 0 N–H and O–H groups in total. The first-order chi connectivity index (χ1) is 8.58. The molecule has 1 heterocycles. The van der Waals surface area contributed by atoms with Gasteiger partial charge in [0.15, 0.2) is 0 Å². The summed E-state index contributed by atoms with van der Waals surface area (Å²) < 4.78 is 5.36. The molecule has 1 aromatic heterocycles. The van der Waals surface area contributed by atoms with Gasteiger partial charge in [0, 0.05) is 17.8 Å². The first kappa shape index (κ1) is 12.3. The largest absolute Gasteiger partial charge is 0.432 e. The lowest BCUT2D eigenvalue weighted by molar-refractivity contribution is -0.386. The third-order valence-corrected chi connectivity index (χ3v) is 2.38. The van der Waals surface area contributed by atoms with Gasteiger partial charge < -0.3 is 4.74 Å². The van der Waals surface area contributed by atoms with Crippen LogP contribution in [0.4, 0.5) is 5.69 Å². The van der Waals surface area contributed by atoms with Crippen LogP contribution in [0.15, 0.2) is 30.5 Å². The zero-order valence-electron chi connectivity index (χ0n) is 9.33. The van der Waals surface area contributed by atoms with Crippen molar-refractivity contribution in [1.29, 1.82) is 0 Å². The molecular formula is C11H8ClN3O3. The summed E-state index contributed by atoms with van der Waals surface area (Å²) in [6.45, 7) is 1.64. The molecule has 2 rings (SSSR count). The quantitative estimate of drug-likeness (QED) is 0.484. The minimum atomic E-state index is -0.493. The van der Waals surface area contributed by atoms with E-state index in [9.17, 15) is 10.1 Å². The third-order valence-electron chi connectivity index (χ3n) is 2.20. The number of hydrogen-bond donors (Lipinski definition) is 0. The van der Waals surface area contributed by atoms with Crippen molar-refractivity contribution in [1.82, 2.24) is 9.97 Å². The van der Waals surface area contributed by atoms with Crippen LogP contribution in [0.25, 0.3) is 0 Å². The number of aromatic nitrogens is 2. The van der Waals surface area contributed by atoms with Gasteiger partial charge in [0.2, 0.25) is 16.9 Å². The van der Waals surface area contributed by atoms with Crippen molar-refractivity contribution in [2.24, 2.45) is 0 Å². The monoisotopic (exact) mass is 265 g/mol. The molecule has 0 bridgehead atoms. The van der Waals surface area contributed by atoms with E-state index in [4.69, 9.17) is 16.3 Å². The van der Waals surface area contributed by atoms with Gasteiger partial charge in [-0.3, -0.25) is 10.1 Å². The SMILES string of the molecule is Cc1cccc(Oc2ccnc(Cl)n2)c1[N+](=O)[O-]. The highest BCUT2D eigenvalue weighted by Crippen LogP contribution is 2.33. The number of halogens is 1. The Morgan fingerprint density at radius 1 is 1.39 bits per heavy atom. The van der Waals surface area contributed by atoms with Crippen LogP contribution in [0.5, 0.6) is 11.6 Å². The Labute approximate surface area is 107 Å². The summed E-state index contributed by atoms with van der Waals surface area (Å²) in [6.07, 6.45) is 1.41. The first-order valence-electron chi connectivity index (χ1n) is 4.98. The number of nitrogens with zero attached hydrogens (tertiary/aromatic N) is 3. The van der Waals surface area contributed by atoms with Crippen molar-refractivity contribution in [3.63, 3.8) is 0 Å². The first-order valence-corrected chi connectivity index (χ1v) is 5.36. The lowest BCUT2D eigenvalue weighted by atomic mass is 10.2. The number of nitro benzene ring substituents is 1. The van der Waals surface area contributed by atoms with Gasteiger partial charge in [0.1, 0.15) is 0 Å². The molecule has 0 aliphatic carbocycles. The number of rotatable bonds is 3. The molecular weight excluding hydrogens is 258 g/mol. The lowest BCUT2D eigenvalue weighted by Crippen LogP contribution is -1.97. The van der Waals surface area contributed by atoms with Crippen molar-refractivity contribution in [3.05, 3.63) is 51.4 Å². The van der Waals surface area contributed by atoms with Gasteiger partial charge in [-0.25, -0.2) is 4.98 Å². The van der Waals surface area contributed by atoms with Crippen LogP contribution in [0.2, 0.25) is 5.28 Å². The standard InChI is InChI=1S/C11H8ClN3O3/c1-7-3-2-4-8(10(7)15(16)17)18-9-5-6-13-11(12)14-9/h2-6H,1H3. The van der Waals surface area contributed by atoms with Crippen molar-refractivity contribution < 1.29 is 9.66 Å². The van der Waals surface area contributed by atoms with Gasteiger partial charge >= 0.3 is 5.69 Å². The van der Waals surface area contributed by atoms with Gasteiger partial charge in [0.05, 0.1) is 4.92 Å². The molecule has 7 heteroatoms. The second-order valence-electron chi connectivity index (χ2n) is 3.44. The fourth-order valence-electron chi connectivity index (χ4n) is 1.44. The highest BCUT2D eigenvalue weighted by molar-refractivity contribution is 6.28. The highest BCUT2D eigenvalue weighted by Gasteiger charge is 2.19. The maximum Gasteiger partial charge on any atom is 0.314 e. The number of para-hydroxylation sites is 1. The van der Waals surface area contributed by atoms with Crippen LogP contribution in [-0.4, -0.2) is 14.9 Å². The van der Waals surface area contributed by atoms with E-state index in [1.54, 1.807) is 19.1 Å². The molecule has 2 aromatic rings. The molecule has 0 aliphatic heterocycles. The summed E-state index contributed by atoms with van der Waals surface area (Å²) in [7, 11) is 0. The normalized spacial score (nSPS) is 10.1. The van der Waals surface area contributed by atoms with Crippen molar-refractivity contribution in [2.45, 2.75) is 6.92 Å². The summed E-state index contributed by atoms with van der Waals surface area (Å²) in [6, 6.07) is 6.28. The van der Waals surface area contributed by atoms with Crippen LogP contribution in [-0.2, 0) is 0 Å². The van der Waals surface area contributed by atoms with E-state index >= 15 is 0 Å². The maximum atomic E-state index is 11.0. The van der Waals surface area contributed by atoms with Gasteiger partial charge in [-0.05, 0) is 24.6 Å². The summed E-state index contributed by atoms with van der Waals surface area (Å²) in [5.41, 5.74) is 0.421. The number of benzene rings is 1. The Morgan fingerprint density at radius 3 is 2.83 bits per heavy atom. The van der Waals surface area contributed by atoms with E-state index in [1.165, 1.54) is 18.3 Å². The Kier molecular flexibility index (Phi) is 3.38. The predicted molar refractivity (Wildman–Crippen MR) is 64.9 cm³/mol. The van der Waals surface area contributed by atoms with Gasteiger partial charge in [-0.2, -0.15) is 4.98 Å². The topological polar surface area (TPSA) is 78.2 Å². The van der Waals surface area contributed by atoms with Crippen molar-refractivity contribution >= 4 is 17.3 Å². The van der Waals surface area contributed by atoms with Crippen LogP contribution < -0.4 is 4.74 Å². The molecule has 0 spiro atoms. The van der Waals surface area contributed by atoms with E-state index in [2.05, 4.69) is 9.97 Å². The van der Waals surface area contributed by atoms with Gasteiger partial charge in [-0.1, -0.05) is 12.1 Å². The Hall–Kier alpha value is -2.21. The molecule has 0 radical (unpaired) electrons. The molecule has 1 aromatic carbocycles. The predicted octanol–water partition coefficient (Wildman–Crippen LogP) is 3.14. The van der Waals surface area contributed by atoms with Gasteiger partial charge in [-0.15, -0.1) is 0 Å². The van der Waals surface area contributed by atoms with E-state index in [0.29, 0.717) is 5.56 Å². The Morgan fingerprint density at radius 2 is 2.17 bits per heavy atom. The lowest BCUT2D eigenvalue weighted by Gasteiger charge is -2.06. The van der Waals surface area contributed by atoms with E-state index in [-0.39, 0.29) is 22.6 Å². The average Bonchev–Trinajstić information content (AvgIpc) is 2.28. The van der Waals surface area contributed by atoms with Crippen LogP contribution >= 0.6 is 11.6 Å². The van der Waals surface area contributed by atoms with Crippen LogP contribution in [0, 0.1) is 17.0 Å². The molecule has 0 saturated heterocycles. The summed E-state index contributed by atoms with van der Waals surface area (Å²) >= 11 is 5.61. The molecule has 0 saturated carbocycles. The van der Waals surface area contributed by atoms with E-state index in [1.807, 2.05) is 0 Å². The number of ether oxygens (including phenoxy) is 1. The third kappa shape index (κ3) is 2.54. The second kappa shape index (κ2) is 4.97. The van der Waals surface area contributed by atoms with Crippen LogP contribution in [0.3, 0.4) is 0 Å². The average molecular weight is 266 g/mol. The summed E-state index contributed by atoms with van der Waals surface area (Å²) in [5, 5.41) is 11.0. The molecule has 92 valence electrons. The van der Waals surface area contributed by atoms with Crippen molar-refractivity contribution in [3.8, 4) is 11.6 Å². The molecule has 0 atom stereocenters. The Balaban J connectivity index is 2.40. The molecule has 18 heavy (non-hydrogen) atoms. The smallest absolute Gasteiger partial charge is 0.314 e. The molecule has 0 amide bonds. The fourth-order valence-corrected chi connectivity index (χ4v) is 1.58. The minimum absolute atomic E-state index is 0.0165. The van der Waals surface area contributed by atoms with E-state index in [0.717, 1.165) is 0 Å². The molecule has 0 fully saturated rings. The summed E-state index contributed by atoms with van der Waals surface area (Å²) in [5.74, 6) is 0.276. The van der Waals surface area contributed by atoms with E-state index < -0.39 is 4.92 Å². The number of aryl methyl sites for hydroxylation is 1. The number of nitro groups is 1. The summed E-state index contributed by atoms with van der Waals surface area (Å²) in [4.78, 5) is 18.0. The van der Waals surface area contributed by atoms with Gasteiger partial charge in [0.25, 0.3) is 0 Å². The minimum Gasteiger partial charge on any atom is -0.432 e.